The van der Waals surface area contributed by atoms with Crippen LogP contribution in [0.5, 0.6) is 0 Å². The number of hydrogen-bond acceptors (Lipinski definition) is 6. The highest BCUT2D eigenvalue weighted by atomic mass is 32.2. The fourth-order valence-corrected chi connectivity index (χ4v) is 6.00. The molecule has 0 fully saturated rings. The Morgan fingerprint density at radius 2 is 1.68 bits per heavy atom. The van der Waals surface area contributed by atoms with Gasteiger partial charge in [0.05, 0.1) is 35.7 Å². The first kappa shape index (κ1) is 23.8. The topological polar surface area (TPSA) is 94.9 Å². The summed E-state index contributed by atoms with van der Waals surface area (Å²) in [5.41, 5.74) is 0.921. The van der Waals surface area contributed by atoms with Crippen LogP contribution in [0.3, 0.4) is 0 Å². The van der Waals surface area contributed by atoms with Gasteiger partial charge in [-0.3, -0.25) is 9.69 Å². The number of esters is 1. The van der Waals surface area contributed by atoms with E-state index in [0.717, 1.165) is 10.9 Å². The van der Waals surface area contributed by atoms with E-state index in [-0.39, 0.29) is 17.9 Å². The van der Waals surface area contributed by atoms with Crippen LogP contribution in [0.2, 0.25) is 0 Å². The van der Waals surface area contributed by atoms with E-state index in [1.165, 1.54) is 28.1 Å². The molecule has 1 amide bonds. The second-order valence-corrected chi connectivity index (χ2v) is 11.0. The number of rotatable bonds is 4. The van der Waals surface area contributed by atoms with E-state index in [0.29, 0.717) is 17.6 Å². The van der Waals surface area contributed by atoms with E-state index in [4.69, 9.17) is 9.47 Å². The van der Waals surface area contributed by atoms with Crippen molar-refractivity contribution in [2.45, 2.75) is 50.2 Å². The molecule has 0 saturated carbocycles. The van der Waals surface area contributed by atoms with Crippen molar-refractivity contribution in [3.63, 3.8) is 0 Å². The van der Waals surface area contributed by atoms with Gasteiger partial charge in [-0.05, 0) is 51.0 Å². The molecule has 180 valence electrons. The fourth-order valence-electron chi connectivity index (χ4n) is 4.38. The Bertz CT molecular complexity index is 1340. The molecule has 0 N–H and O–H groups in total. The van der Waals surface area contributed by atoms with Crippen LogP contribution in [-0.2, 0) is 30.7 Å². The maximum Gasteiger partial charge on any atom is 0.410 e. The van der Waals surface area contributed by atoms with Crippen molar-refractivity contribution in [2.75, 3.05) is 13.7 Å². The number of fused-ring (bicyclic) bond motifs is 3. The van der Waals surface area contributed by atoms with Crippen molar-refractivity contribution < 1.29 is 27.5 Å². The smallest absolute Gasteiger partial charge is 0.410 e. The van der Waals surface area contributed by atoms with Gasteiger partial charge in [0.15, 0.2) is 0 Å². The van der Waals surface area contributed by atoms with E-state index >= 15 is 0 Å². The lowest BCUT2D eigenvalue weighted by Crippen LogP contribution is -2.44. The summed E-state index contributed by atoms with van der Waals surface area (Å²) in [5.74, 6) is -0.555. The van der Waals surface area contributed by atoms with Gasteiger partial charge in [0.2, 0.25) is 0 Å². The Hall–Kier alpha value is -3.33. The maximum atomic E-state index is 13.9. The first-order chi connectivity index (χ1) is 16.0. The lowest BCUT2D eigenvalue weighted by molar-refractivity contribution is -0.142. The number of carbonyl (C=O) groups is 2. The number of benzene rings is 2. The molecule has 1 aromatic heterocycles. The second kappa shape index (κ2) is 8.79. The van der Waals surface area contributed by atoms with Crippen molar-refractivity contribution in [1.82, 2.24) is 8.87 Å². The van der Waals surface area contributed by atoms with Gasteiger partial charge in [0.25, 0.3) is 10.0 Å². The zero-order valence-electron chi connectivity index (χ0n) is 19.6. The molecular weight excluding hydrogens is 456 g/mol. The standard InChI is InChI=1S/C25H28N2O6S/c1-25(2,3)33-24(29)26-15-14-19-18-12-8-9-13-20(18)27(23(19)21(26)16-22(28)32-4)34(30,31)17-10-6-5-7-11-17/h5-13,21H,14-16H2,1-4H3. The molecule has 2 aromatic carbocycles. The number of para-hydroxylation sites is 1. The Balaban J connectivity index is 1.98. The summed E-state index contributed by atoms with van der Waals surface area (Å²) in [6.45, 7) is 5.55. The summed E-state index contributed by atoms with van der Waals surface area (Å²) in [6.07, 6.45) is -0.394. The number of aromatic nitrogens is 1. The van der Waals surface area contributed by atoms with Crippen molar-refractivity contribution in [2.24, 2.45) is 0 Å². The van der Waals surface area contributed by atoms with E-state index < -0.39 is 33.7 Å². The van der Waals surface area contributed by atoms with Gasteiger partial charge in [-0.15, -0.1) is 0 Å². The third-order valence-electron chi connectivity index (χ3n) is 5.77. The summed E-state index contributed by atoms with van der Waals surface area (Å²) < 4.78 is 39.6. The highest BCUT2D eigenvalue weighted by Crippen LogP contribution is 2.41. The summed E-state index contributed by atoms with van der Waals surface area (Å²) >= 11 is 0. The summed E-state index contributed by atoms with van der Waals surface area (Å²) in [4.78, 5) is 27.1. The normalized spacial score (nSPS) is 16.2. The van der Waals surface area contributed by atoms with Crippen molar-refractivity contribution in [3.05, 3.63) is 65.9 Å². The third kappa shape index (κ3) is 4.27. The highest BCUT2D eigenvalue weighted by Gasteiger charge is 2.41. The van der Waals surface area contributed by atoms with E-state index in [1.807, 2.05) is 12.1 Å². The van der Waals surface area contributed by atoms with Gasteiger partial charge in [0, 0.05) is 11.9 Å². The van der Waals surface area contributed by atoms with Gasteiger partial charge in [-0.2, -0.15) is 0 Å². The molecule has 2 heterocycles. The molecule has 1 aliphatic heterocycles. The Morgan fingerprint density at radius 1 is 1.03 bits per heavy atom. The van der Waals surface area contributed by atoms with Crippen LogP contribution in [-0.4, -0.2) is 48.6 Å². The van der Waals surface area contributed by atoms with Gasteiger partial charge in [-0.25, -0.2) is 17.2 Å². The molecule has 1 atom stereocenters. The first-order valence-corrected chi connectivity index (χ1v) is 12.5. The molecule has 0 saturated heterocycles. The fraction of sp³-hybridized carbons (Fsp3) is 0.360. The van der Waals surface area contributed by atoms with Crippen LogP contribution >= 0.6 is 0 Å². The third-order valence-corrected chi connectivity index (χ3v) is 7.51. The molecule has 0 spiro atoms. The van der Waals surface area contributed by atoms with Gasteiger partial charge in [-0.1, -0.05) is 36.4 Å². The Kier molecular flexibility index (Phi) is 6.16. The minimum atomic E-state index is -4.04. The molecule has 1 unspecified atom stereocenters. The predicted molar refractivity (Wildman–Crippen MR) is 127 cm³/mol. The van der Waals surface area contributed by atoms with Gasteiger partial charge >= 0.3 is 12.1 Å². The molecule has 8 nitrogen and oxygen atoms in total. The number of carbonyl (C=O) groups excluding carboxylic acids is 2. The van der Waals surface area contributed by atoms with E-state index in [2.05, 4.69) is 0 Å². The molecule has 1 aliphatic rings. The first-order valence-electron chi connectivity index (χ1n) is 11.0. The summed E-state index contributed by atoms with van der Waals surface area (Å²) in [6, 6.07) is 14.5. The zero-order valence-corrected chi connectivity index (χ0v) is 20.5. The van der Waals surface area contributed by atoms with Crippen molar-refractivity contribution >= 4 is 33.0 Å². The number of nitrogens with zero attached hydrogens (tertiary/aromatic N) is 2. The predicted octanol–water partition coefficient (Wildman–Crippen LogP) is 4.28. The van der Waals surface area contributed by atoms with Crippen LogP contribution < -0.4 is 0 Å². The van der Waals surface area contributed by atoms with Gasteiger partial charge < -0.3 is 9.47 Å². The average molecular weight is 485 g/mol. The van der Waals surface area contributed by atoms with Crippen LogP contribution in [0.25, 0.3) is 10.9 Å². The lowest BCUT2D eigenvalue weighted by Gasteiger charge is -2.37. The highest BCUT2D eigenvalue weighted by molar-refractivity contribution is 7.90. The molecule has 0 bridgehead atoms. The van der Waals surface area contributed by atoms with E-state index in [9.17, 15) is 18.0 Å². The summed E-state index contributed by atoms with van der Waals surface area (Å²) in [7, 11) is -2.77. The van der Waals surface area contributed by atoms with Crippen molar-refractivity contribution in [3.8, 4) is 0 Å². The molecular formula is C25H28N2O6S. The molecule has 9 heteroatoms. The quantitative estimate of drug-likeness (QED) is 0.513. The molecule has 3 aromatic rings. The largest absolute Gasteiger partial charge is 0.469 e. The van der Waals surface area contributed by atoms with Gasteiger partial charge in [0.1, 0.15) is 5.60 Å². The Morgan fingerprint density at radius 3 is 2.32 bits per heavy atom. The molecule has 4 rings (SSSR count). The number of amides is 1. The number of hydrogen-bond donors (Lipinski definition) is 0. The van der Waals surface area contributed by atoms with Crippen molar-refractivity contribution in [1.29, 1.82) is 0 Å². The number of ether oxygens (including phenoxy) is 2. The van der Waals surface area contributed by atoms with Crippen LogP contribution in [0, 0.1) is 0 Å². The SMILES string of the molecule is COC(=O)CC1c2c(c3ccccc3n2S(=O)(=O)c2ccccc2)CCN1C(=O)OC(C)(C)C. The maximum absolute atomic E-state index is 13.9. The second-order valence-electron chi connectivity index (χ2n) is 9.18. The average Bonchev–Trinajstić information content (AvgIpc) is 3.14. The monoisotopic (exact) mass is 484 g/mol. The lowest BCUT2D eigenvalue weighted by atomic mass is 9.95. The number of methoxy groups -OCH3 is 1. The molecule has 0 radical (unpaired) electrons. The zero-order chi connectivity index (χ0) is 24.7. The van der Waals surface area contributed by atoms with Crippen LogP contribution in [0.4, 0.5) is 4.79 Å². The molecule has 0 aliphatic carbocycles. The Labute approximate surface area is 199 Å². The minimum absolute atomic E-state index is 0.116. The van der Waals surface area contributed by atoms with E-state index in [1.54, 1.807) is 51.1 Å². The minimum Gasteiger partial charge on any atom is -0.469 e. The van der Waals surface area contributed by atoms with Crippen LogP contribution in [0.1, 0.15) is 44.5 Å². The molecule has 34 heavy (non-hydrogen) atoms. The van der Waals surface area contributed by atoms with Crippen LogP contribution in [0.15, 0.2) is 59.5 Å². The summed E-state index contributed by atoms with van der Waals surface area (Å²) in [5, 5.41) is 0.774.